The largest absolute Gasteiger partial charge is 0.339 e. The van der Waals surface area contributed by atoms with E-state index in [-0.39, 0.29) is 0 Å². The first-order valence-corrected chi connectivity index (χ1v) is 7.96. The third-order valence-corrected chi connectivity index (χ3v) is 4.01. The Hall–Kier alpha value is -2.66. The van der Waals surface area contributed by atoms with E-state index in [0.29, 0.717) is 16.8 Å². The molecule has 0 atom stereocenters. The summed E-state index contributed by atoms with van der Waals surface area (Å²) in [6.45, 7) is 6.13. The summed E-state index contributed by atoms with van der Waals surface area (Å²) in [4.78, 5) is 4.45. The zero-order valence-electron chi connectivity index (χ0n) is 13.8. The Labute approximate surface area is 146 Å². The predicted molar refractivity (Wildman–Crippen MR) is 98.5 cm³/mol. The van der Waals surface area contributed by atoms with Crippen LogP contribution < -0.4 is 10.6 Å². The van der Waals surface area contributed by atoms with Crippen molar-refractivity contribution in [2.75, 3.05) is 10.6 Å². The first-order chi connectivity index (χ1) is 11.5. The Morgan fingerprint density at radius 3 is 2.46 bits per heavy atom. The minimum absolute atomic E-state index is 0.425. The van der Waals surface area contributed by atoms with Gasteiger partial charge in [-0.05, 0) is 67.8 Å². The molecule has 3 aromatic rings. The predicted octanol–water partition coefficient (Wildman–Crippen LogP) is 4.94. The summed E-state index contributed by atoms with van der Waals surface area (Å²) in [6, 6.07) is 11.8. The fourth-order valence-corrected chi connectivity index (χ4v) is 2.50. The maximum atomic E-state index is 5.98. The molecule has 5 nitrogen and oxygen atoms in total. The van der Waals surface area contributed by atoms with E-state index in [0.717, 1.165) is 16.9 Å². The van der Waals surface area contributed by atoms with Gasteiger partial charge in [-0.15, -0.1) is 5.10 Å². The molecule has 0 aliphatic carbocycles. The van der Waals surface area contributed by atoms with Crippen LogP contribution in [0.4, 0.5) is 23.1 Å². The number of aromatic nitrogens is 3. The summed E-state index contributed by atoms with van der Waals surface area (Å²) >= 11 is 5.98. The van der Waals surface area contributed by atoms with Gasteiger partial charge in [0.25, 0.3) is 0 Å². The van der Waals surface area contributed by atoms with Gasteiger partial charge in [0, 0.05) is 16.4 Å². The van der Waals surface area contributed by atoms with Gasteiger partial charge in [-0.25, -0.2) is 0 Å². The fourth-order valence-electron chi connectivity index (χ4n) is 2.27. The van der Waals surface area contributed by atoms with Crippen molar-refractivity contribution in [3.05, 3.63) is 64.3 Å². The maximum Gasteiger partial charge on any atom is 0.249 e. The number of hydrogen-bond donors (Lipinski definition) is 2. The van der Waals surface area contributed by atoms with Crippen molar-refractivity contribution in [2.24, 2.45) is 0 Å². The maximum absolute atomic E-state index is 5.98. The molecular weight excluding hydrogens is 322 g/mol. The molecule has 0 bridgehead atoms. The van der Waals surface area contributed by atoms with E-state index >= 15 is 0 Å². The highest BCUT2D eigenvalue weighted by Crippen LogP contribution is 2.23. The number of halogens is 1. The Morgan fingerprint density at radius 2 is 1.71 bits per heavy atom. The summed E-state index contributed by atoms with van der Waals surface area (Å²) in [5.74, 6) is 1.05. The van der Waals surface area contributed by atoms with Crippen LogP contribution in [0.3, 0.4) is 0 Å². The van der Waals surface area contributed by atoms with Crippen molar-refractivity contribution >= 4 is 34.7 Å². The smallest absolute Gasteiger partial charge is 0.249 e. The van der Waals surface area contributed by atoms with E-state index in [9.17, 15) is 0 Å². The van der Waals surface area contributed by atoms with Gasteiger partial charge in [-0.3, -0.25) is 0 Å². The molecule has 2 aromatic carbocycles. The quantitative estimate of drug-likeness (QED) is 0.705. The summed E-state index contributed by atoms with van der Waals surface area (Å²) < 4.78 is 0. The monoisotopic (exact) mass is 339 g/mol. The second kappa shape index (κ2) is 6.84. The first-order valence-electron chi connectivity index (χ1n) is 7.58. The third kappa shape index (κ3) is 3.81. The Kier molecular flexibility index (Phi) is 4.62. The van der Waals surface area contributed by atoms with Gasteiger partial charge < -0.3 is 10.6 Å². The van der Waals surface area contributed by atoms with Gasteiger partial charge in [0.15, 0.2) is 5.82 Å². The lowest BCUT2D eigenvalue weighted by molar-refractivity contribution is 0.981. The number of anilines is 4. The average Bonchev–Trinajstić information content (AvgIpc) is 2.54. The lowest BCUT2D eigenvalue weighted by Crippen LogP contribution is -2.03. The van der Waals surface area contributed by atoms with Crippen LogP contribution >= 0.6 is 11.6 Å². The average molecular weight is 340 g/mol. The lowest BCUT2D eigenvalue weighted by atomic mass is 10.1. The zero-order chi connectivity index (χ0) is 17.1. The van der Waals surface area contributed by atoms with Crippen molar-refractivity contribution in [1.29, 1.82) is 0 Å². The van der Waals surface area contributed by atoms with Gasteiger partial charge in [0.1, 0.15) is 0 Å². The molecule has 0 saturated carbocycles. The van der Waals surface area contributed by atoms with Gasteiger partial charge in [-0.1, -0.05) is 17.7 Å². The molecule has 6 heteroatoms. The van der Waals surface area contributed by atoms with Crippen molar-refractivity contribution in [3.8, 4) is 0 Å². The van der Waals surface area contributed by atoms with Gasteiger partial charge in [-0.2, -0.15) is 10.1 Å². The minimum Gasteiger partial charge on any atom is -0.339 e. The number of nitrogens with one attached hydrogen (secondary N) is 2. The van der Waals surface area contributed by atoms with Crippen LogP contribution in [0, 0.1) is 20.8 Å². The minimum atomic E-state index is 0.425. The highest BCUT2D eigenvalue weighted by Gasteiger charge is 2.05. The molecule has 1 heterocycles. The molecule has 24 heavy (non-hydrogen) atoms. The highest BCUT2D eigenvalue weighted by molar-refractivity contribution is 6.30. The molecule has 0 fully saturated rings. The molecule has 1 aromatic heterocycles. The number of benzene rings is 2. The molecule has 3 rings (SSSR count). The molecule has 0 spiro atoms. The topological polar surface area (TPSA) is 62.7 Å². The van der Waals surface area contributed by atoms with E-state index in [1.54, 1.807) is 6.20 Å². The van der Waals surface area contributed by atoms with E-state index in [2.05, 4.69) is 51.8 Å². The summed E-state index contributed by atoms with van der Waals surface area (Å²) in [6.07, 6.45) is 1.59. The van der Waals surface area contributed by atoms with Crippen LogP contribution in [0.15, 0.2) is 42.6 Å². The molecule has 0 saturated heterocycles. The Morgan fingerprint density at radius 1 is 0.875 bits per heavy atom. The molecule has 0 aliphatic rings. The summed E-state index contributed by atoms with van der Waals surface area (Å²) in [5.41, 5.74) is 5.34. The lowest BCUT2D eigenvalue weighted by Gasteiger charge is -2.10. The van der Waals surface area contributed by atoms with Crippen LogP contribution in [-0.4, -0.2) is 15.2 Å². The molecule has 0 amide bonds. The molecule has 0 radical (unpaired) electrons. The molecule has 0 aliphatic heterocycles. The van der Waals surface area contributed by atoms with E-state index in [1.165, 1.54) is 11.1 Å². The number of nitrogens with zero attached hydrogens (tertiary/aromatic N) is 3. The molecular formula is C18H18ClN5. The normalized spacial score (nSPS) is 10.5. The van der Waals surface area contributed by atoms with Crippen molar-refractivity contribution in [2.45, 2.75) is 20.8 Å². The zero-order valence-corrected chi connectivity index (χ0v) is 14.5. The number of rotatable bonds is 4. The SMILES string of the molecule is Cc1ccc(Nc2cnnc(Nc3ccc(Cl)cc3C)n2)cc1C. The van der Waals surface area contributed by atoms with Crippen molar-refractivity contribution in [3.63, 3.8) is 0 Å². The second-order valence-corrected chi connectivity index (χ2v) is 6.11. The van der Waals surface area contributed by atoms with Crippen LogP contribution in [0.5, 0.6) is 0 Å². The second-order valence-electron chi connectivity index (χ2n) is 5.67. The van der Waals surface area contributed by atoms with E-state index in [1.807, 2.05) is 31.2 Å². The first kappa shape index (κ1) is 16.2. The van der Waals surface area contributed by atoms with Gasteiger partial charge in [0.05, 0.1) is 6.20 Å². The Bertz CT molecular complexity index is 879. The van der Waals surface area contributed by atoms with Crippen molar-refractivity contribution < 1.29 is 0 Å². The standard InChI is InChI=1S/C18H18ClN5/c1-11-4-6-15(9-12(11)2)21-17-10-20-24-18(23-17)22-16-7-5-14(19)8-13(16)3/h4-10H,1-3H3,(H2,21,22,23,24). The van der Waals surface area contributed by atoms with E-state index < -0.39 is 0 Å². The van der Waals surface area contributed by atoms with E-state index in [4.69, 9.17) is 11.6 Å². The van der Waals surface area contributed by atoms with Crippen LogP contribution in [-0.2, 0) is 0 Å². The van der Waals surface area contributed by atoms with Crippen LogP contribution in [0.2, 0.25) is 5.02 Å². The van der Waals surface area contributed by atoms with Gasteiger partial charge in [0.2, 0.25) is 5.95 Å². The van der Waals surface area contributed by atoms with Crippen molar-refractivity contribution in [1.82, 2.24) is 15.2 Å². The van der Waals surface area contributed by atoms with Gasteiger partial charge >= 0.3 is 0 Å². The van der Waals surface area contributed by atoms with Crippen LogP contribution in [0.1, 0.15) is 16.7 Å². The number of aryl methyl sites for hydroxylation is 3. The summed E-state index contributed by atoms with van der Waals surface area (Å²) in [7, 11) is 0. The Balaban J connectivity index is 1.79. The fraction of sp³-hybridized carbons (Fsp3) is 0.167. The van der Waals surface area contributed by atoms with Crippen LogP contribution in [0.25, 0.3) is 0 Å². The third-order valence-electron chi connectivity index (χ3n) is 3.77. The summed E-state index contributed by atoms with van der Waals surface area (Å²) in [5, 5.41) is 15.1. The molecule has 122 valence electrons. The highest BCUT2D eigenvalue weighted by atomic mass is 35.5. The molecule has 0 unspecified atom stereocenters. The number of hydrogen-bond acceptors (Lipinski definition) is 5. The molecule has 2 N–H and O–H groups in total.